The summed E-state index contributed by atoms with van der Waals surface area (Å²) in [6.07, 6.45) is 4.55. The number of hydrogen-bond acceptors (Lipinski definition) is 5. The van der Waals surface area contributed by atoms with E-state index >= 15 is 0 Å². The summed E-state index contributed by atoms with van der Waals surface area (Å²) in [6.45, 7) is 5.85. The summed E-state index contributed by atoms with van der Waals surface area (Å²) in [7, 11) is 0. The second-order valence-electron chi connectivity index (χ2n) is 5.34. The highest BCUT2D eigenvalue weighted by atomic mass is 79.9. The molecule has 1 saturated heterocycles. The van der Waals surface area contributed by atoms with Crippen LogP contribution in [0.2, 0.25) is 5.02 Å². The molecule has 1 aliphatic rings. The van der Waals surface area contributed by atoms with Crippen LogP contribution in [0, 0.1) is 5.82 Å². The molecule has 0 bridgehead atoms. The van der Waals surface area contributed by atoms with Crippen molar-refractivity contribution in [1.29, 1.82) is 0 Å². The third-order valence-corrected chi connectivity index (χ3v) is 5.33. The summed E-state index contributed by atoms with van der Waals surface area (Å²) in [5.74, 6) is 0.136. The second kappa shape index (κ2) is 7.56. The van der Waals surface area contributed by atoms with Crippen LogP contribution in [0.4, 0.5) is 10.2 Å². The maximum atomic E-state index is 14.6. The molecule has 1 atom stereocenters. The molecule has 1 aromatic heterocycles. The van der Waals surface area contributed by atoms with E-state index in [1.807, 2.05) is 12.3 Å². The van der Waals surface area contributed by atoms with Crippen LogP contribution >= 0.6 is 39.3 Å². The van der Waals surface area contributed by atoms with E-state index in [1.165, 1.54) is 11.8 Å². The topological polar surface area (TPSA) is 38.2 Å². The standard InChI is InChI=1S/C16H16BrClFN3OS/c1-3-9-8-23-6-4-5-22(9)15-12-10(17)7-11(18)13(19)14(12)20-16(21-15)24-2/h3,7,9H,1,4-6,8H2,2H3. The van der Waals surface area contributed by atoms with Gasteiger partial charge in [-0.3, -0.25) is 0 Å². The molecule has 128 valence electrons. The summed E-state index contributed by atoms with van der Waals surface area (Å²) < 4.78 is 20.9. The molecule has 8 heteroatoms. The van der Waals surface area contributed by atoms with Gasteiger partial charge in [0.2, 0.25) is 0 Å². The van der Waals surface area contributed by atoms with Crippen LogP contribution in [-0.2, 0) is 4.74 Å². The highest BCUT2D eigenvalue weighted by Crippen LogP contribution is 2.38. The molecular weight excluding hydrogens is 417 g/mol. The van der Waals surface area contributed by atoms with Crippen LogP contribution in [0.1, 0.15) is 6.42 Å². The van der Waals surface area contributed by atoms with Gasteiger partial charge < -0.3 is 9.64 Å². The zero-order chi connectivity index (χ0) is 17.3. The quantitative estimate of drug-likeness (QED) is 0.304. The lowest BCUT2D eigenvalue weighted by Crippen LogP contribution is -2.37. The lowest BCUT2D eigenvalue weighted by molar-refractivity contribution is 0.142. The van der Waals surface area contributed by atoms with Gasteiger partial charge in [-0.2, -0.15) is 0 Å². The number of hydrogen-bond donors (Lipinski definition) is 0. The first-order chi connectivity index (χ1) is 11.6. The molecular formula is C16H16BrClFN3OS. The van der Waals surface area contributed by atoms with Crippen molar-refractivity contribution in [2.45, 2.75) is 17.6 Å². The highest BCUT2D eigenvalue weighted by Gasteiger charge is 2.26. The number of halogens is 3. The number of fused-ring (bicyclic) bond motifs is 1. The Bertz CT molecular complexity index is 792. The monoisotopic (exact) mass is 431 g/mol. The number of aromatic nitrogens is 2. The molecule has 1 aliphatic heterocycles. The van der Waals surface area contributed by atoms with E-state index in [0.29, 0.717) is 34.0 Å². The fourth-order valence-electron chi connectivity index (χ4n) is 2.72. The zero-order valence-electron chi connectivity index (χ0n) is 13.1. The Morgan fingerprint density at radius 2 is 2.33 bits per heavy atom. The second-order valence-corrected chi connectivity index (χ2v) is 7.37. The first-order valence-electron chi connectivity index (χ1n) is 7.43. The Hall–Kier alpha value is -0.890. The molecule has 2 heterocycles. The van der Waals surface area contributed by atoms with Gasteiger partial charge in [-0.25, -0.2) is 14.4 Å². The SMILES string of the molecule is C=CC1COCCCN1c1nc(SC)nc2c(F)c(Cl)cc(Br)c12. The molecule has 1 fully saturated rings. The maximum Gasteiger partial charge on any atom is 0.189 e. The fourth-order valence-corrected chi connectivity index (χ4v) is 4.01. The molecule has 24 heavy (non-hydrogen) atoms. The first-order valence-corrected chi connectivity index (χ1v) is 9.82. The lowest BCUT2D eigenvalue weighted by atomic mass is 10.1. The van der Waals surface area contributed by atoms with E-state index in [4.69, 9.17) is 16.3 Å². The zero-order valence-corrected chi connectivity index (χ0v) is 16.2. The summed E-state index contributed by atoms with van der Waals surface area (Å²) in [4.78, 5) is 11.1. The predicted octanol–water partition coefficient (Wildman–Crippen LogP) is 4.69. The number of benzene rings is 1. The van der Waals surface area contributed by atoms with Gasteiger partial charge in [0.1, 0.15) is 11.3 Å². The Balaban J connectivity index is 2.29. The van der Waals surface area contributed by atoms with E-state index in [1.54, 1.807) is 6.07 Å². The number of anilines is 1. The van der Waals surface area contributed by atoms with Crippen molar-refractivity contribution in [2.75, 3.05) is 30.9 Å². The molecule has 1 aromatic carbocycles. The smallest absolute Gasteiger partial charge is 0.189 e. The highest BCUT2D eigenvalue weighted by molar-refractivity contribution is 9.10. The molecule has 3 rings (SSSR count). The molecule has 0 radical (unpaired) electrons. The van der Waals surface area contributed by atoms with E-state index in [9.17, 15) is 4.39 Å². The predicted molar refractivity (Wildman–Crippen MR) is 101 cm³/mol. The van der Waals surface area contributed by atoms with Crippen molar-refractivity contribution in [3.8, 4) is 0 Å². The van der Waals surface area contributed by atoms with Gasteiger partial charge in [0, 0.05) is 17.6 Å². The van der Waals surface area contributed by atoms with Gasteiger partial charge >= 0.3 is 0 Å². The van der Waals surface area contributed by atoms with Crippen LogP contribution in [0.25, 0.3) is 10.9 Å². The summed E-state index contributed by atoms with van der Waals surface area (Å²) in [5, 5.41) is 1.15. The normalized spacial score (nSPS) is 18.7. The van der Waals surface area contributed by atoms with E-state index in [-0.39, 0.29) is 16.6 Å². The Labute approximate surface area is 157 Å². The molecule has 0 saturated carbocycles. The van der Waals surface area contributed by atoms with Gasteiger partial charge in [-0.05, 0) is 34.7 Å². The molecule has 2 aromatic rings. The third kappa shape index (κ3) is 3.27. The van der Waals surface area contributed by atoms with Crippen molar-refractivity contribution in [1.82, 2.24) is 9.97 Å². The van der Waals surface area contributed by atoms with Gasteiger partial charge in [-0.15, -0.1) is 6.58 Å². The number of rotatable bonds is 3. The average Bonchev–Trinajstić information content (AvgIpc) is 2.83. The van der Waals surface area contributed by atoms with Gasteiger partial charge in [0.15, 0.2) is 11.0 Å². The minimum absolute atomic E-state index is 0.0329. The van der Waals surface area contributed by atoms with E-state index < -0.39 is 5.82 Å². The van der Waals surface area contributed by atoms with Crippen LogP contribution in [0.3, 0.4) is 0 Å². The van der Waals surface area contributed by atoms with Crippen molar-refractivity contribution >= 4 is 56.0 Å². The minimum Gasteiger partial charge on any atom is -0.379 e. The van der Waals surface area contributed by atoms with Crippen molar-refractivity contribution in [3.05, 3.63) is 34.0 Å². The Morgan fingerprint density at radius 3 is 3.04 bits per heavy atom. The van der Waals surface area contributed by atoms with Crippen molar-refractivity contribution in [3.63, 3.8) is 0 Å². The largest absolute Gasteiger partial charge is 0.379 e. The van der Waals surface area contributed by atoms with Crippen molar-refractivity contribution < 1.29 is 9.13 Å². The fraction of sp³-hybridized carbons (Fsp3) is 0.375. The van der Waals surface area contributed by atoms with Crippen LogP contribution in [0.5, 0.6) is 0 Å². The van der Waals surface area contributed by atoms with Crippen LogP contribution in [0.15, 0.2) is 28.4 Å². The van der Waals surface area contributed by atoms with Gasteiger partial charge in [0.05, 0.1) is 23.1 Å². The van der Waals surface area contributed by atoms with Gasteiger partial charge in [0.25, 0.3) is 0 Å². The number of nitrogens with zero attached hydrogens (tertiary/aromatic N) is 3. The van der Waals surface area contributed by atoms with E-state index in [2.05, 4.69) is 37.4 Å². The third-order valence-electron chi connectivity index (χ3n) is 3.88. The first kappa shape index (κ1) is 17.9. The van der Waals surface area contributed by atoms with Crippen LogP contribution in [-0.4, -0.2) is 42.0 Å². The molecule has 0 amide bonds. The van der Waals surface area contributed by atoms with E-state index in [0.717, 1.165) is 13.0 Å². The van der Waals surface area contributed by atoms with Crippen molar-refractivity contribution in [2.24, 2.45) is 0 Å². The molecule has 0 spiro atoms. The minimum atomic E-state index is -0.532. The summed E-state index contributed by atoms with van der Waals surface area (Å²) in [5.41, 5.74) is 0.219. The number of thioether (sulfide) groups is 1. The van der Waals surface area contributed by atoms with Gasteiger partial charge in [-0.1, -0.05) is 29.4 Å². The Morgan fingerprint density at radius 1 is 1.54 bits per heavy atom. The molecule has 1 unspecified atom stereocenters. The average molecular weight is 433 g/mol. The summed E-state index contributed by atoms with van der Waals surface area (Å²) >= 11 is 10.8. The lowest BCUT2D eigenvalue weighted by Gasteiger charge is -2.29. The summed E-state index contributed by atoms with van der Waals surface area (Å²) in [6, 6.07) is 1.51. The molecule has 0 aliphatic carbocycles. The molecule has 0 N–H and O–H groups in total. The number of ether oxygens (including phenoxy) is 1. The molecule has 4 nitrogen and oxygen atoms in total. The van der Waals surface area contributed by atoms with Crippen LogP contribution < -0.4 is 4.90 Å². The maximum absolute atomic E-state index is 14.6. The Kier molecular flexibility index (Phi) is 5.64.